The Hall–Kier alpha value is -1.66. The molecule has 0 aromatic heterocycles. The van der Waals surface area contributed by atoms with Crippen LogP contribution in [-0.2, 0) is 4.74 Å². The van der Waals surface area contributed by atoms with Crippen LogP contribution in [0.3, 0.4) is 0 Å². The van der Waals surface area contributed by atoms with Gasteiger partial charge in [-0.05, 0) is 19.1 Å². The van der Waals surface area contributed by atoms with Crippen LogP contribution in [0.15, 0.2) is 12.1 Å². The van der Waals surface area contributed by atoms with Crippen LogP contribution >= 0.6 is 11.6 Å². The van der Waals surface area contributed by atoms with Gasteiger partial charge in [0.1, 0.15) is 29.1 Å². The number of aliphatic hydroxyl groups is 4. The molecule has 10 nitrogen and oxygen atoms in total. The van der Waals surface area contributed by atoms with Gasteiger partial charge in [0.25, 0.3) is 5.91 Å². The van der Waals surface area contributed by atoms with Crippen LogP contribution in [0.1, 0.15) is 17.3 Å². The van der Waals surface area contributed by atoms with Gasteiger partial charge in [0.15, 0.2) is 11.4 Å². The summed E-state index contributed by atoms with van der Waals surface area (Å²) in [7, 11) is 1.22. The molecule has 1 aromatic rings. The highest BCUT2D eigenvalue weighted by Crippen LogP contribution is 2.37. The molecule has 1 fully saturated rings. The van der Waals surface area contributed by atoms with Gasteiger partial charge in [0, 0.05) is 0 Å². The third-order valence-corrected chi connectivity index (χ3v) is 4.71. The van der Waals surface area contributed by atoms with E-state index in [0.717, 1.165) is 13.0 Å². The van der Waals surface area contributed by atoms with Gasteiger partial charge >= 0.3 is 0 Å². The fraction of sp³-hybridized carbons (Fsp3) is 0.533. The third-order valence-electron chi connectivity index (χ3n) is 4.35. The second-order valence-corrected chi connectivity index (χ2v) is 6.44. The smallest absolute Gasteiger partial charge is 0.256 e. The molecule has 0 saturated carbocycles. The molecule has 26 heavy (non-hydrogen) atoms. The van der Waals surface area contributed by atoms with E-state index in [9.17, 15) is 30.3 Å². The molecule has 2 rings (SSSR count). The molecule has 0 bridgehead atoms. The van der Waals surface area contributed by atoms with Gasteiger partial charge in [-0.25, -0.2) is 0 Å². The van der Waals surface area contributed by atoms with Crippen molar-refractivity contribution in [2.75, 3.05) is 13.7 Å². The van der Waals surface area contributed by atoms with E-state index >= 15 is 0 Å². The molecule has 1 aromatic carbocycles. The number of hydrogen-bond donors (Lipinski definition) is 7. The summed E-state index contributed by atoms with van der Waals surface area (Å²) >= 11 is 5.89. The zero-order valence-corrected chi connectivity index (χ0v) is 14.8. The predicted octanol–water partition coefficient (Wildman–Crippen LogP) is -1.74. The molecule has 5 atom stereocenters. The van der Waals surface area contributed by atoms with Crippen LogP contribution in [0, 0.1) is 0 Å². The van der Waals surface area contributed by atoms with Crippen molar-refractivity contribution in [3.8, 4) is 11.5 Å². The highest BCUT2D eigenvalue weighted by molar-refractivity contribution is 6.34. The molecule has 146 valence electrons. The van der Waals surface area contributed by atoms with Crippen LogP contribution in [0.5, 0.6) is 11.5 Å². The average molecular weight is 393 g/mol. The number of rotatable bonds is 4. The molecule has 1 saturated heterocycles. The predicted molar refractivity (Wildman–Crippen MR) is 88.6 cm³/mol. The van der Waals surface area contributed by atoms with E-state index < -0.39 is 42.3 Å². The second-order valence-electron chi connectivity index (χ2n) is 6.06. The highest BCUT2D eigenvalue weighted by Gasteiger charge is 2.60. The van der Waals surface area contributed by atoms with E-state index in [0.29, 0.717) is 0 Å². The lowest BCUT2D eigenvalue weighted by atomic mass is 9.85. The average Bonchev–Trinajstić information content (AvgIpc) is 2.59. The number of carbonyl (C=O) groups excluding carboxylic acids is 1. The van der Waals surface area contributed by atoms with Crippen molar-refractivity contribution in [1.82, 2.24) is 5.32 Å². The Kier molecular flexibility index (Phi) is 5.69. The van der Waals surface area contributed by atoms with Gasteiger partial charge in [-0.2, -0.15) is 0 Å². The van der Waals surface area contributed by atoms with Crippen LogP contribution in [-0.4, -0.2) is 74.9 Å². The molecule has 0 aliphatic carbocycles. The molecule has 0 unspecified atom stereocenters. The fourth-order valence-corrected chi connectivity index (χ4v) is 2.97. The quantitative estimate of drug-likeness (QED) is 0.293. The SMILES string of the molecule is COc1c(C(=O)N[C@@]2(N)[C@@H](O)[C@H](O)[C@@H](CO)O[C@]2(C)O)ccc(O)c1Cl. The van der Waals surface area contributed by atoms with Gasteiger partial charge < -0.3 is 46.1 Å². The number of ether oxygens (including phenoxy) is 2. The largest absolute Gasteiger partial charge is 0.506 e. The number of hydrogen-bond acceptors (Lipinski definition) is 9. The number of aromatic hydroxyl groups is 1. The van der Waals surface area contributed by atoms with Crippen LogP contribution < -0.4 is 15.8 Å². The Morgan fingerprint density at radius 1 is 1.46 bits per heavy atom. The first-order valence-electron chi connectivity index (χ1n) is 7.54. The number of nitrogens with two attached hydrogens (primary N) is 1. The summed E-state index contributed by atoms with van der Waals surface area (Å²) in [6.07, 6.45) is -4.88. The zero-order chi connectivity index (χ0) is 19.9. The second kappa shape index (κ2) is 7.16. The number of phenolic OH excluding ortho intramolecular Hbond substituents is 1. The van der Waals surface area contributed by atoms with Gasteiger partial charge in [-0.15, -0.1) is 0 Å². The summed E-state index contributed by atoms with van der Waals surface area (Å²) in [5.41, 5.74) is 3.47. The number of nitrogens with one attached hydrogen (secondary N) is 1. The lowest BCUT2D eigenvalue weighted by Gasteiger charge is -2.52. The van der Waals surface area contributed by atoms with Gasteiger partial charge in [0.2, 0.25) is 5.79 Å². The minimum absolute atomic E-state index is 0.151. The molecule has 1 amide bonds. The van der Waals surface area contributed by atoms with Crippen molar-refractivity contribution < 1.29 is 39.8 Å². The minimum Gasteiger partial charge on any atom is -0.506 e. The number of carbonyl (C=O) groups is 1. The Labute approximate surface area is 153 Å². The van der Waals surface area contributed by atoms with Crippen LogP contribution in [0.25, 0.3) is 0 Å². The van der Waals surface area contributed by atoms with E-state index in [4.69, 9.17) is 26.8 Å². The van der Waals surface area contributed by atoms with E-state index in [1.165, 1.54) is 13.2 Å². The maximum atomic E-state index is 12.6. The van der Waals surface area contributed by atoms with Crippen molar-refractivity contribution in [2.45, 2.75) is 36.7 Å². The summed E-state index contributed by atoms with van der Waals surface area (Å²) in [5, 5.41) is 51.5. The Morgan fingerprint density at radius 3 is 2.62 bits per heavy atom. The molecular weight excluding hydrogens is 372 g/mol. The minimum atomic E-state index is -2.34. The van der Waals surface area contributed by atoms with Crippen LogP contribution in [0.4, 0.5) is 0 Å². The molecular formula is C15H21ClN2O8. The molecule has 0 radical (unpaired) electrons. The maximum absolute atomic E-state index is 12.6. The summed E-state index contributed by atoms with van der Waals surface area (Å²) in [5.74, 6) is -3.75. The van der Waals surface area contributed by atoms with Crippen molar-refractivity contribution >= 4 is 17.5 Å². The van der Waals surface area contributed by atoms with E-state index in [-0.39, 0.29) is 22.1 Å². The standard InChI is InChI=1S/C15H21ClN2O8/c1-14(24)15(17,12(22)10(21)8(5-19)26-14)18-13(23)6-3-4-7(20)9(16)11(6)25-2/h3-4,8,10,12,19-22,24H,5,17H2,1-2H3,(H,18,23)/t8-,10-,12+,14+,15+/m1/s1. The van der Waals surface area contributed by atoms with Gasteiger partial charge in [-0.3, -0.25) is 4.79 Å². The first-order chi connectivity index (χ1) is 12.0. The third kappa shape index (κ3) is 3.21. The monoisotopic (exact) mass is 392 g/mol. The fourth-order valence-electron chi connectivity index (χ4n) is 2.72. The lowest BCUT2D eigenvalue weighted by molar-refractivity contribution is -0.338. The summed E-state index contributed by atoms with van der Waals surface area (Å²) < 4.78 is 10.1. The summed E-state index contributed by atoms with van der Waals surface area (Å²) in [6, 6.07) is 2.34. The summed E-state index contributed by atoms with van der Waals surface area (Å²) in [6.45, 7) is 0.367. The normalized spacial score (nSPS) is 34.4. The van der Waals surface area contributed by atoms with Gasteiger partial charge in [0.05, 0.1) is 19.3 Å². The number of methoxy groups -OCH3 is 1. The molecule has 11 heteroatoms. The molecule has 1 aliphatic rings. The van der Waals surface area contributed by atoms with E-state index in [1.807, 2.05) is 0 Å². The molecule has 1 aliphatic heterocycles. The molecule has 0 spiro atoms. The number of benzene rings is 1. The number of amides is 1. The Bertz CT molecular complexity index is 700. The van der Waals surface area contributed by atoms with Crippen molar-refractivity contribution in [3.63, 3.8) is 0 Å². The topological polar surface area (TPSA) is 175 Å². The number of halogens is 1. The van der Waals surface area contributed by atoms with Gasteiger partial charge in [-0.1, -0.05) is 11.6 Å². The number of phenols is 1. The molecule has 8 N–H and O–H groups in total. The van der Waals surface area contributed by atoms with E-state index in [1.54, 1.807) is 0 Å². The lowest BCUT2D eigenvalue weighted by Crippen LogP contribution is -2.82. The van der Waals surface area contributed by atoms with E-state index in [2.05, 4.69) is 5.32 Å². The zero-order valence-electron chi connectivity index (χ0n) is 14.0. The molecule has 1 heterocycles. The Morgan fingerprint density at radius 2 is 2.08 bits per heavy atom. The van der Waals surface area contributed by atoms with Crippen molar-refractivity contribution in [3.05, 3.63) is 22.7 Å². The van der Waals surface area contributed by atoms with Crippen molar-refractivity contribution in [1.29, 1.82) is 0 Å². The maximum Gasteiger partial charge on any atom is 0.256 e. The number of aliphatic hydroxyl groups excluding tert-OH is 3. The van der Waals surface area contributed by atoms with Crippen molar-refractivity contribution in [2.24, 2.45) is 5.73 Å². The summed E-state index contributed by atoms with van der Waals surface area (Å²) in [4.78, 5) is 12.6. The first kappa shape index (κ1) is 20.6. The highest BCUT2D eigenvalue weighted by atomic mass is 35.5. The first-order valence-corrected chi connectivity index (χ1v) is 7.92. The van der Waals surface area contributed by atoms with Crippen LogP contribution in [0.2, 0.25) is 5.02 Å². The Balaban J connectivity index is 2.40.